The van der Waals surface area contributed by atoms with Crippen molar-refractivity contribution < 1.29 is 14.3 Å². The van der Waals surface area contributed by atoms with Crippen molar-refractivity contribution in [2.75, 3.05) is 0 Å². The van der Waals surface area contributed by atoms with Crippen LogP contribution in [0.5, 0.6) is 5.88 Å². The van der Waals surface area contributed by atoms with E-state index in [2.05, 4.69) is 10.2 Å². The van der Waals surface area contributed by atoms with Crippen LogP contribution in [-0.2, 0) is 6.54 Å². The third-order valence-electron chi connectivity index (χ3n) is 4.43. The van der Waals surface area contributed by atoms with Crippen LogP contribution >= 0.6 is 0 Å². The molecular weight excluding hydrogens is 357 g/mol. The number of carbonyl (C=O) groups is 1. The fourth-order valence-electron chi connectivity index (χ4n) is 3.04. The Bertz CT molecular complexity index is 1170. The topological polar surface area (TPSA) is 66.9 Å². The molecule has 0 radical (unpaired) electrons. The lowest BCUT2D eigenvalue weighted by molar-refractivity contribution is 0.0995. The fourth-order valence-corrected chi connectivity index (χ4v) is 3.04. The van der Waals surface area contributed by atoms with Gasteiger partial charge in [0.15, 0.2) is 5.69 Å². The maximum Gasteiger partial charge on any atom is 0.295 e. The lowest BCUT2D eigenvalue weighted by Crippen LogP contribution is -1.98. The first-order chi connectivity index (χ1) is 13.6. The Morgan fingerprint density at radius 2 is 1.61 bits per heavy atom. The van der Waals surface area contributed by atoms with Gasteiger partial charge in [0.2, 0.25) is 5.88 Å². The van der Waals surface area contributed by atoms with Crippen LogP contribution in [0.4, 0.5) is 10.1 Å². The van der Waals surface area contributed by atoms with Gasteiger partial charge in [-0.1, -0.05) is 48.5 Å². The molecule has 28 heavy (non-hydrogen) atoms. The summed E-state index contributed by atoms with van der Waals surface area (Å²) in [6.45, 7) is 0.453. The number of hydrogen-bond acceptors (Lipinski definition) is 3. The minimum Gasteiger partial charge on any atom is -0.493 e. The minimum atomic E-state index is -0.612. The summed E-state index contributed by atoms with van der Waals surface area (Å²) in [5, 5.41) is 19.2. The average molecular weight is 373 g/mol. The van der Waals surface area contributed by atoms with Crippen molar-refractivity contribution in [1.29, 1.82) is 0 Å². The number of para-hydroxylation sites is 1. The summed E-state index contributed by atoms with van der Waals surface area (Å²) in [4.78, 5) is 12.2. The van der Waals surface area contributed by atoms with E-state index in [1.165, 1.54) is 24.3 Å². The van der Waals surface area contributed by atoms with Gasteiger partial charge in [0.1, 0.15) is 5.82 Å². The van der Waals surface area contributed by atoms with Gasteiger partial charge in [-0.25, -0.2) is 4.39 Å². The number of fused-ring (bicyclic) bond motifs is 1. The van der Waals surface area contributed by atoms with Crippen LogP contribution < -0.4 is 0 Å². The number of azo groups is 1. The quantitative estimate of drug-likeness (QED) is 0.483. The smallest absolute Gasteiger partial charge is 0.295 e. The number of aromatic nitrogens is 1. The Morgan fingerprint density at radius 1 is 0.929 bits per heavy atom. The molecule has 0 saturated heterocycles. The maximum atomic E-state index is 13.0. The number of carbonyl (C=O) groups excluding carboxylic acids is 1. The van der Waals surface area contributed by atoms with E-state index in [9.17, 15) is 14.3 Å². The van der Waals surface area contributed by atoms with E-state index in [-0.39, 0.29) is 17.1 Å². The molecule has 1 N–H and O–H groups in total. The predicted octanol–water partition coefficient (Wildman–Crippen LogP) is 5.46. The normalized spacial score (nSPS) is 11.3. The van der Waals surface area contributed by atoms with Crippen molar-refractivity contribution in [3.8, 4) is 5.88 Å². The first-order valence-corrected chi connectivity index (χ1v) is 8.69. The van der Waals surface area contributed by atoms with Crippen molar-refractivity contribution in [2.45, 2.75) is 6.54 Å². The number of benzene rings is 3. The number of halogens is 1. The highest BCUT2D eigenvalue weighted by Crippen LogP contribution is 2.39. The SMILES string of the molecule is O=C(N=Nc1c(O)n(Cc2ccccc2)c2ccccc12)c1ccc(F)cc1. The Labute approximate surface area is 160 Å². The zero-order valence-corrected chi connectivity index (χ0v) is 14.8. The van der Waals surface area contributed by atoms with Gasteiger partial charge >= 0.3 is 0 Å². The van der Waals surface area contributed by atoms with E-state index in [0.717, 1.165) is 11.1 Å². The van der Waals surface area contributed by atoms with Gasteiger partial charge in [-0.15, -0.1) is 10.2 Å². The molecule has 0 aliphatic carbocycles. The van der Waals surface area contributed by atoms with Crippen LogP contribution in [-0.4, -0.2) is 15.6 Å². The molecule has 0 aliphatic rings. The van der Waals surface area contributed by atoms with Crippen LogP contribution in [0.2, 0.25) is 0 Å². The summed E-state index contributed by atoms with van der Waals surface area (Å²) in [7, 11) is 0. The molecule has 4 rings (SSSR count). The summed E-state index contributed by atoms with van der Waals surface area (Å²) >= 11 is 0. The third-order valence-corrected chi connectivity index (χ3v) is 4.43. The van der Waals surface area contributed by atoms with Crippen molar-refractivity contribution in [3.63, 3.8) is 0 Å². The maximum absolute atomic E-state index is 13.0. The molecule has 6 heteroatoms. The standard InChI is InChI=1S/C22H16FN3O2/c23-17-12-10-16(11-13-17)21(27)25-24-20-18-8-4-5-9-19(18)26(22(20)28)14-15-6-2-1-3-7-15/h1-13,28H,14H2. The molecule has 0 unspecified atom stereocenters. The van der Waals surface area contributed by atoms with E-state index in [1.807, 2.05) is 54.6 Å². The van der Waals surface area contributed by atoms with Crippen molar-refractivity contribution in [2.24, 2.45) is 10.2 Å². The van der Waals surface area contributed by atoms with Crippen LogP contribution in [0.25, 0.3) is 10.9 Å². The largest absolute Gasteiger partial charge is 0.493 e. The molecule has 0 spiro atoms. The number of amides is 1. The average Bonchev–Trinajstić information content (AvgIpc) is 2.99. The number of nitrogens with zero attached hydrogens (tertiary/aromatic N) is 3. The van der Waals surface area contributed by atoms with Crippen LogP contribution in [0.1, 0.15) is 15.9 Å². The van der Waals surface area contributed by atoms with Gasteiger partial charge in [0.05, 0.1) is 12.1 Å². The predicted molar refractivity (Wildman–Crippen MR) is 104 cm³/mol. The van der Waals surface area contributed by atoms with Crippen molar-refractivity contribution >= 4 is 22.5 Å². The van der Waals surface area contributed by atoms with Crippen LogP contribution in [0.15, 0.2) is 89.1 Å². The highest BCUT2D eigenvalue weighted by Gasteiger charge is 2.17. The Morgan fingerprint density at radius 3 is 2.36 bits per heavy atom. The Hall–Kier alpha value is -3.80. The molecule has 3 aromatic carbocycles. The molecule has 5 nitrogen and oxygen atoms in total. The molecule has 138 valence electrons. The van der Waals surface area contributed by atoms with E-state index >= 15 is 0 Å². The molecule has 1 aromatic heterocycles. The van der Waals surface area contributed by atoms with Crippen molar-refractivity contribution in [3.05, 3.63) is 95.8 Å². The zero-order valence-electron chi connectivity index (χ0n) is 14.8. The van der Waals surface area contributed by atoms with E-state index in [0.29, 0.717) is 11.9 Å². The lowest BCUT2D eigenvalue weighted by atomic mass is 10.2. The highest BCUT2D eigenvalue weighted by molar-refractivity contribution is 5.97. The molecular formula is C22H16FN3O2. The Balaban J connectivity index is 1.72. The second kappa shape index (κ2) is 7.44. The molecule has 0 bridgehead atoms. The van der Waals surface area contributed by atoms with Crippen molar-refractivity contribution in [1.82, 2.24) is 4.57 Å². The van der Waals surface area contributed by atoms with Gasteiger partial charge in [0, 0.05) is 10.9 Å². The van der Waals surface area contributed by atoms with Crippen LogP contribution in [0.3, 0.4) is 0 Å². The summed E-state index contributed by atoms with van der Waals surface area (Å²) in [5.74, 6) is -1.12. The fraction of sp³-hybridized carbons (Fsp3) is 0.0455. The van der Waals surface area contributed by atoms with E-state index in [4.69, 9.17) is 0 Å². The number of rotatable bonds is 4. The lowest BCUT2D eigenvalue weighted by Gasteiger charge is -2.06. The third kappa shape index (κ3) is 3.40. The molecule has 1 heterocycles. The van der Waals surface area contributed by atoms with Gasteiger partial charge in [-0.05, 0) is 35.9 Å². The summed E-state index contributed by atoms with van der Waals surface area (Å²) in [6.07, 6.45) is 0. The summed E-state index contributed by atoms with van der Waals surface area (Å²) in [6, 6.07) is 22.2. The summed E-state index contributed by atoms with van der Waals surface area (Å²) in [5.41, 5.74) is 2.25. The molecule has 0 fully saturated rings. The van der Waals surface area contributed by atoms with E-state index < -0.39 is 11.7 Å². The highest BCUT2D eigenvalue weighted by atomic mass is 19.1. The molecule has 1 amide bonds. The molecule has 0 saturated carbocycles. The zero-order chi connectivity index (χ0) is 19.5. The first-order valence-electron chi connectivity index (χ1n) is 8.69. The number of aromatic hydroxyl groups is 1. The van der Waals surface area contributed by atoms with Crippen LogP contribution in [0, 0.1) is 5.82 Å². The summed E-state index contributed by atoms with van der Waals surface area (Å²) < 4.78 is 14.7. The monoisotopic (exact) mass is 373 g/mol. The van der Waals surface area contributed by atoms with Gasteiger partial charge in [-0.3, -0.25) is 4.79 Å². The molecule has 0 aliphatic heterocycles. The van der Waals surface area contributed by atoms with E-state index in [1.54, 1.807) is 4.57 Å². The van der Waals surface area contributed by atoms with Gasteiger partial charge in [-0.2, -0.15) is 0 Å². The number of hydrogen-bond donors (Lipinski definition) is 1. The first kappa shape index (κ1) is 17.6. The van der Waals surface area contributed by atoms with Gasteiger partial charge < -0.3 is 9.67 Å². The molecule has 4 aromatic rings. The minimum absolute atomic E-state index is 0.0688. The Kier molecular flexibility index (Phi) is 4.68. The second-order valence-electron chi connectivity index (χ2n) is 6.27. The molecule has 0 atom stereocenters. The van der Waals surface area contributed by atoms with Gasteiger partial charge in [0.25, 0.3) is 5.91 Å². The second-order valence-corrected chi connectivity index (χ2v) is 6.27.